The van der Waals surface area contributed by atoms with Gasteiger partial charge in [-0.1, -0.05) is 23.9 Å². The molecule has 6 heteroatoms. The van der Waals surface area contributed by atoms with Crippen molar-refractivity contribution in [3.63, 3.8) is 0 Å². The van der Waals surface area contributed by atoms with E-state index in [0.717, 1.165) is 0 Å². The number of aromatic nitrogens is 1. The summed E-state index contributed by atoms with van der Waals surface area (Å²) in [6.45, 7) is 0. The molecule has 0 aliphatic rings. The fourth-order valence-corrected chi connectivity index (χ4v) is 2.33. The third-order valence-electron chi connectivity index (χ3n) is 2.19. The molecule has 88 valence electrons. The molecule has 0 saturated heterocycles. The molecule has 2 aromatic rings. The SMILES string of the molecule is N#Cc1ccncc1Sc1ccccc1[N+](=O)[O-]. The number of pyridine rings is 1. The van der Waals surface area contributed by atoms with E-state index in [4.69, 9.17) is 5.26 Å². The van der Waals surface area contributed by atoms with Gasteiger partial charge in [0, 0.05) is 23.4 Å². The molecule has 1 aromatic heterocycles. The van der Waals surface area contributed by atoms with E-state index < -0.39 is 4.92 Å². The molecule has 0 bridgehead atoms. The molecule has 1 heterocycles. The lowest BCUT2D eigenvalue weighted by molar-refractivity contribution is -0.387. The van der Waals surface area contributed by atoms with Crippen LogP contribution in [0.2, 0.25) is 0 Å². The second kappa shape index (κ2) is 5.29. The molecule has 0 fully saturated rings. The van der Waals surface area contributed by atoms with Crippen LogP contribution in [0.4, 0.5) is 5.69 Å². The van der Waals surface area contributed by atoms with E-state index in [0.29, 0.717) is 15.4 Å². The Morgan fingerprint density at radius 3 is 2.78 bits per heavy atom. The van der Waals surface area contributed by atoms with Crippen molar-refractivity contribution in [2.45, 2.75) is 9.79 Å². The average molecular weight is 257 g/mol. The minimum atomic E-state index is -0.440. The lowest BCUT2D eigenvalue weighted by Gasteiger charge is -2.03. The largest absolute Gasteiger partial charge is 0.283 e. The van der Waals surface area contributed by atoms with Crippen LogP contribution in [0.5, 0.6) is 0 Å². The van der Waals surface area contributed by atoms with Gasteiger partial charge in [0.2, 0.25) is 0 Å². The van der Waals surface area contributed by atoms with E-state index in [1.807, 2.05) is 6.07 Å². The number of nitro benzene ring substituents is 1. The van der Waals surface area contributed by atoms with Gasteiger partial charge in [0.1, 0.15) is 6.07 Å². The van der Waals surface area contributed by atoms with Crippen molar-refractivity contribution in [2.75, 3.05) is 0 Å². The van der Waals surface area contributed by atoms with Crippen LogP contribution < -0.4 is 0 Å². The second-order valence-electron chi connectivity index (χ2n) is 3.31. The predicted molar refractivity (Wildman–Crippen MR) is 66.2 cm³/mol. The van der Waals surface area contributed by atoms with Gasteiger partial charge in [-0.3, -0.25) is 15.1 Å². The average Bonchev–Trinajstić information content (AvgIpc) is 2.40. The molecule has 0 saturated carbocycles. The fraction of sp³-hybridized carbons (Fsp3) is 0. The highest BCUT2D eigenvalue weighted by atomic mass is 32.2. The Kier molecular flexibility index (Phi) is 3.55. The van der Waals surface area contributed by atoms with E-state index in [-0.39, 0.29) is 5.69 Å². The number of nitrogens with zero attached hydrogens (tertiary/aromatic N) is 3. The molecule has 0 aliphatic heterocycles. The summed E-state index contributed by atoms with van der Waals surface area (Å²) in [4.78, 5) is 15.5. The molecule has 0 spiro atoms. The number of hydrogen-bond acceptors (Lipinski definition) is 5. The van der Waals surface area contributed by atoms with Crippen LogP contribution in [0.3, 0.4) is 0 Å². The molecule has 0 aliphatic carbocycles. The van der Waals surface area contributed by atoms with E-state index in [1.54, 1.807) is 24.3 Å². The summed E-state index contributed by atoms with van der Waals surface area (Å²) < 4.78 is 0. The smallest absolute Gasteiger partial charge is 0.263 e. The maximum Gasteiger partial charge on any atom is 0.283 e. The van der Waals surface area contributed by atoms with Crippen molar-refractivity contribution in [1.82, 2.24) is 4.98 Å². The molecule has 0 amide bonds. The summed E-state index contributed by atoms with van der Waals surface area (Å²) in [6.07, 6.45) is 3.04. The molecule has 2 rings (SSSR count). The number of hydrogen-bond donors (Lipinski definition) is 0. The molecule has 1 aromatic carbocycles. The van der Waals surface area contributed by atoms with Gasteiger partial charge in [-0.25, -0.2) is 0 Å². The predicted octanol–water partition coefficient (Wildman–Crippen LogP) is 3.01. The Balaban J connectivity index is 2.41. The summed E-state index contributed by atoms with van der Waals surface area (Å²) in [7, 11) is 0. The molecular formula is C12H7N3O2S. The highest BCUT2D eigenvalue weighted by Gasteiger charge is 2.15. The lowest BCUT2D eigenvalue weighted by Crippen LogP contribution is -1.91. The Morgan fingerprint density at radius 2 is 2.06 bits per heavy atom. The van der Waals surface area contributed by atoms with E-state index in [9.17, 15) is 10.1 Å². The number of para-hydroxylation sites is 1. The van der Waals surface area contributed by atoms with Gasteiger partial charge in [-0.2, -0.15) is 5.26 Å². The van der Waals surface area contributed by atoms with Crippen LogP contribution in [-0.2, 0) is 0 Å². The van der Waals surface area contributed by atoms with E-state index in [1.165, 1.54) is 30.2 Å². The lowest BCUT2D eigenvalue weighted by atomic mass is 10.3. The Bertz CT molecular complexity index is 637. The first-order valence-corrected chi connectivity index (χ1v) is 5.79. The third-order valence-corrected chi connectivity index (χ3v) is 3.30. The quantitative estimate of drug-likeness (QED) is 0.623. The molecular weight excluding hydrogens is 250 g/mol. The summed E-state index contributed by atoms with van der Waals surface area (Å²) in [5, 5.41) is 19.8. The molecule has 5 nitrogen and oxygen atoms in total. The van der Waals surface area contributed by atoms with Crippen molar-refractivity contribution in [3.05, 3.63) is 58.4 Å². The number of nitro groups is 1. The zero-order valence-electron chi connectivity index (χ0n) is 9.11. The maximum atomic E-state index is 10.9. The van der Waals surface area contributed by atoms with Gasteiger partial charge in [-0.05, 0) is 12.1 Å². The van der Waals surface area contributed by atoms with Gasteiger partial charge in [0.25, 0.3) is 5.69 Å². The summed E-state index contributed by atoms with van der Waals surface area (Å²) in [5.41, 5.74) is 0.475. The van der Waals surface area contributed by atoms with Crippen molar-refractivity contribution >= 4 is 17.4 Å². The minimum absolute atomic E-state index is 0.0234. The molecule has 0 atom stereocenters. The van der Waals surface area contributed by atoms with Crippen LogP contribution in [0, 0.1) is 21.4 Å². The standard InChI is InChI=1S/C12H7N3O2S/c13-7-9-5-6-14-8-12(9)18-11-4-2-1-3-10(11)15(16)17/h1-6,8H. The van der Waals surface area contributed by atoms with Crippen molar-refractivity contribution in [2.24, 2.45) is 0 Å². The van der Waals surface area contributed by atoms with E-state index >= 15 is 0 Å². The maximum absolute atomic E-state index is 10.9. The Labute approximate surface area is 107 Å². The summed E-state index contributed by atoms with van der Waals surface area (Å²) in [6, 6.07) is 10.0. The molecule has 0 unspecified atom stereocenters. The van der Waals surface area contributed by atoms with Gasteiger partial charge in [0.05, 0.1) is 15.4 Å². The van der Waals surface area contributed by atoms with Gasteiger partial charge in [0.15, 0.2) is 0 Å². The second-order valence-corrected chi connectivity index (χ2v) is 4.39. The molecule has 0 radical (unpaired) electrons. The monoisotopic (exact) mass is 257 g/mol. The number of rotatable bonds is 3. The third kappa shape index (κ3) is 2.47. The first-order chi connectivity index (χ1) is 8.72. The van der Waals surface area contributed by atoms with Crippen molar-refractivity contribution in [1.29, 1.82) is 5.26 Å². The zero-order chi connectivity index (χ0) is 13.0. The molecule has 18 heavy (non-hydrogen) atoms. The van der Waals surface area contributed by atoms with Crippen LogP contribution in [-0.4, -0.2) is 9.91 Å². The summed E-state index contributed by atoms with van der Waals surface area (Å²) in [5.74, 6) is 0. The summed E-state index contributed by atoms with van der Waals surface area (Å²) >= 11 is 1.17. The van der Waals surface area contributed by atoms with Crippen LogP contribution in [0.15, 0.2) is 52.5 Å². The van der Waals surface area contributed by atoms with Crippen molar-refractivity contribution < 1.29 is 4.92 Å². The topological polar surface area (TPSA) is 79.8 Å². The molecule has 0 N–H and O–H groups in total. The fourth-order valence-electron chi connectivity index (χ4n) is 1.37. The van der Waals surface area contributed by atoms with Crippen LogP contribution >= 0.6 is 11.8 Å². The van der Waals surface area contributed by atoms with Crippen molar-refractivity contribution in [3.8, 4) is 6.07 Å². The van der Waals surface area contributed by atoms with Crippen LogP contribution in [0.25, 0.3) is 0 Å². The Hall–Kier alpha value is -2.39. The van der Waals surface area contributed by atoms with Gasteiger partial charge in [-0.15, -0.1) is 0 Å². The Morgan fingerprint density at radius 1 is 1.28 bits per heavy atom. The van der Waals surface area contributed by atoms with Crippen LogP contribution in [0.1, 0.15) is 5.56 Å². The normalized spacial score (nSPS) is 9.72. The first-order valence-electron chi connectivity index (χ1n) is 4.98. The zero-order valence-corrected chi connectivity index (χ0v) is 9.92. The first kappa shape index (κ1) is 12.1. The number of benzene rings is 1. The highest BCUT2D eigenvalue weighted by Crippen LogP contribution is 2.35. The minimum Gasteiger partial charge on any atom is -0.263 e. The van der Waals surface area contributed by atoms with E-state index in [2.05, 4.69) is 4.98 Å². The highest BCUT2D eigenvalue weighted by molar-refractivity contribution is 7.99. The number of nitriles is 1. The van der Waals surface area contributed by atoms with Gasteiger partial charge >= 0.3 is 0 Å². The van der Waals surface area contributed by atoms with Gasteiger partial charge < -0.3 is 0 Å².